The van der Waals surface area contributed by atoms with Crippen molar-refractivity contribution in [1.82, 2.24) is 0 Å². The molecule has 0 saturated heterocycles. The van der Waals surface area contributed by atoms with E-state index < -0.39 is 0 Å². The van der Waals surface area contributed by atoms with Gasteiger partial charge in [-0.15, -0.1) is 11.8 Å². The van der Waals surface area contributed by atoms with Gasteiger partial charge in [0.1, 0.15) is 0 Å². The first-order valence-corrected chi connectivity index (χ1v) is 5.93. The molecule has 0 saturated carbocycles. The van der Waals surface area contributed by atoms with E-state index in [4.69, 9.17) is 17.3 Å². The number of hydrogen-bond donors (Lipinski definition) is 2. The molecule has 1 atom stereocenters. The van der Waals surface area contributed by atoms with Gasteiger partial charge >= 0.3 is 0 Å². The van der Waals surface area contributed by atoms with Gasteiger partial charge in [-0.25, -0.2) is 0 Å². The SMILES string of the molecule is NCCC1Sc2cc(Cl)ccc2NC1=O. The Labute approximate surface area is 97.4 Å². The normalized spacial score (nSPS) is 19.6. The first-order valence-electron chi connectivity index (χ1n) is 4.68. The predicted molar refractivity (Wildman–Crippen MR) is 63.4 cm³/mol. The van der Waals surface area contributed by atoms with Gasteiger partial charge in [0.25, 0.3) is 0 Å². The fraction of sp³-hybridized carbons (Fsp3) is 0.300. The lowest BCUT2D eigenvalue weighted by atomic mass is 10.2. The molecule has 0 spiro atoms. The van der Waals surface area contributed by atoms with Crippen molar-refractivity contribution in [3.63, 3.8) is 0 Å². The molecule has 1 aromatic carbocycles. The Bertz CT molecular complexity index is 397. The zero-order valence-electron chi connectivity index (χ0n) is 8.00. The third-order valence-electron chi connectivity index (χ3n) is 2.19. The van der Waals surface area contributed by atoms with Crippen LogP contribution in [0.15, 0.2) is 23.1 Å². The Hall–Kier alpha value is -0.710. The summed E-state index contributed by atoms with van der Waals surface area (Å²) in [7, 11) is 0. The maximum absolute atomic E-state index is 11.6. The molecule has 3 N–H and O–H groups in total. The summed E-state index contributed by atoms with van der Waals surface area (Å²) < 4.78 is 0. The van der Waals surface area contributed by atoms with Gasteiger partial charge in [0.15, 0.2) is 0 Å². The van der Waals surface area contributed by atoms with E-state index in [1.807, 2.05) is 12.1 Å². The topological polar surface area (TPSA) is 55.1 Å². The molecule has 1 heterocycles. The first kappa shape index (κ1) is 10.8. The lowest BCUT2D eigenvalue weighted by Crippen LogP contribution is -2.30. The number of fused-ring (bicyclic) bond motifs is 1. The first-order chi connectivity index (χ1) is 7.20. The minimum absolute atomic E-state index is 0.0280. The summed E-state index contributed by atoms with van der Waals surface area (Å²) in [4.78, 5) is 12.6. The number of benzene rings is 1. The quantitative estimate of drug-likeness (QED) is 0.835. The van der Waals surface area contributed by atoms with Crippen molar-refractivity contribution in [2.24, 2.45) is 5.73 Å². The van der Waals surface area contributed by atoms with Crippen LogP contribution in [0.2, 0.25) is 5.02 Å². The van der Waals surface area contributed by atoms with Crippen LogP contribution in [0.25, 0.3) is 0 Å². The third-order valence-corrected chi connectivity index (χ3v) is 3.75. The van der Waals surface area contributed by atoms with E-state index in [9.17, 15) is 4.79 Å². The number of hydrogen-bond acceptors (Lipinski definition) is 3. The number of halogens is 1. The standard InChI is InChI=1S/C10H11ClN2OS/c11-6-1-2-7-9(5-6)15-8(3-4-12)10(14)13-7/h1-2,5,8H,3-4,12H2,(H,13,14). The van der Waals surface area contributed by atoms with E-state index in [0.29, 0.717) is 18.0 Å². The lowest BCUT2D eigenvalue weighted by Gasteiger charge is -2.23. The summed E-state index contributed by atoms with van der Waals surface area (Å²) in [6.45, 7) is 0.515. The minimum Gasteiger partial charge on any atom is -0.330 e. The minimum atomic E-state index is -0.0963. The average Bonchev–Trinajstić information content (AvgIpc) is 2.20. The second-order valence-corrected chi connectivity index (χ2v) is 4.99. The molecule has 3 nitrogen and oxygen atoms in total. The highest BCUT2D eigenvalue weighted by Gasteiger charge is 2.26. The zero-order chi connectivity index (χ0) is 10.8. The fourth-order valence-electron chi connectivity index (χ4n) is 1.46. The molecule has 0 aliphatic carbocycles. The van der Waals surface area contributed by atoms with Crippen molar-refractivity contribution in [2.45, 2.75) is 16.6 Å². The van der Waals surface area contributed by atoms with Crippen LogP contribution in [0.4, 0.5) is 5.69 Å². The van der Waals surface area contributed by atoms with Crippen LogP contribution < -0.4 is 11.1 Å². The number of rotatable bonds is 2. The van der Waals surface area contributed by atoms with Crippen molar-refractivity contribution in [3.05, 3.63) is 23.2 Å². The van der Waals surface area contributed by atoms with E-state index in [2.05, 4.69) is 5.32 Å². The molecular formula is C10H11ClN2OS. The van der Waals surface area contributed by atoms with Crippen molar-refractivity contribution in [2.75, 3.05) is 11.9 Å². The second kappa shape index (κ2) is 4.43. The van der Waals surface area contributed by atoms with Crippen LogP contribution in [0.1, 0.15) is 6.42 Å². The molecule has 5 heteroatoms. The third kappa shape index (κ3) is 2.27. The smallest absolute Gasteiger partial charge is 0.237 e. The van der Waals surface area contributed by atoms with Gasteiger partial charge in [-0.1, -0.05) is 11.6 Å². The number of nitrogens with one attached hydrogen (secondary N) is 1. The average molecular weight is 243 g/mol. The Morgan fingerprint density at radius 2 is 2.33 bits per heavy atom. The molecule has 15 heavy (non-hydrogen) atoms. The molecule has 0 radical (unpaired) electrons. The van der Waals surface area contributed by atoms with Gasteiger partial charge in [0.2, 0.25) is 5.91 Å². The largest absolute Gasteiger partial charge is 0.330 e. The molecule has 1 aromatic rings. The van der Waals surface area contributed by atoms with Crippen LogP contribution in [0.5, 0.6) is 0 Å². The molecule has 0 aromatic heterocycles. The maximum atomic E-state index is 11.6. The van der Waals surface area contributed by atoms with Gasteiger partial charge in [0, 0.05) is 9.92 Å². The molecular weight excluding hydrogens is 232 g/mol. The molecule has 0 fully saturated rings. The van der Waals surface area contributed by atoms with Crippen LogP contribution in [0.3, 0.4) is 0 Å². The van der Waals surface area contributed by atoms with Crippen LogP contribution in [-0.2, 0) is 4.79 Å². The predicted octanol–water partition coefficient (Wildman–Crippen LogP) is 2.10. The summed E-state index contributed by atoms with van der Waals surface area (Å²) in [6.07, 6.45) is 0.683. The Morgan fingerprint density at radius 3 is 3.07 bits per heavy atom. The van der Waals surface area contributed by atoms with Gasteiger partial charge < -0.3 is 11.1 Å². The monoisotopic (exact) mass is 242 g/mol. The number of anilines is 1. The maximum Gasteiger partial charge on any atom is 0.237 e. The van der Waals surface area contributed by atoms with E-state index in [-0.39, 0.29) is 11.2 Å². The molecule has 1 amide bonds. The van der Waals surface area contributed by atoms with E-state index in [1.54, 1.807) is 6.07 Å². The summed E-state index contributed by atoms with van der Waals surface area (Å²) in [5.41, 5.74) is 6.29. The number of carbonyl (C=O) groups excluding carboxylic acids is 1. The summed E-state index contributed by atoms with van der Waals surface area (Å²) in [5, 5.41) is 3.44. The highest BCUT2D eigenvalue weighted by atomic mass is 35.5. The van der Waals surface area contributed by atoms with Gasteiger partial charge in [-0.05, 0) is 31.2 Å². The van der Waals surface area contributed by atoms with Gasteiger partial charge in [0.05, 0.1) is 10.9 Å². The van der Waals surface area contributed by atoms with Gasteiger partial charge in [-0.2, -0.15) is 0 Å². The molecule has 2 rings (SSSR count). The summed E-state index contributed by atoms with van der Waals surface area (Å²) in [6, 6.07) is 5.45. The van der Waals surface area contributed by atoms with Crippen LogP contribution >= 0.6 is 23.4 Å². The lowest BCUT2D eigenvalue weighted by molar-refractivity contribution is -0.115. The van der Waals surface area contributed by atoms with Gasteiger partial charge in [-0.3, -0.25) is 4.79 Å². The second-order valence-electron chi connectivity index (χ2n) is 3.31. The van der Waals surface area contributed by atoms with Crippen molar-refractivity contribution < 1.29 is 4.79 Å². The molecule has 80 valence electrons. The number of thioether (sulfide) groups is 1. The highest BCUT2D eigenvalue weighted by Crippen LogP contribution is 2.38. The Morgan fingerprint density at radius 1 is 1.53 bits per heavy atom. The fourth-order valence-corrected chi connectivity index (χ4v) is 2.86. The molecule has 1 unspecified atom stereocenters. The number of carbonyl (C=O) groups is 1. The molecule has 1 aliphatic rings. The summed E-state index contributed by atoms with van der Waals surface area (Å²) in [5.74, 6) is 0.0280. The highest BCUT2D eigenvalue weighted by molar-refractivity contribution is 8.01. The Kier molecular flexibility index (Phi) is 3.19. The molecule has 0 bridgehead atoms. The van der Waals surface area contributed by atoms with Crippen molar-refractivity contribution in [3.8, 4) is 0 Å². The summed E-state index contributed by atoms with van der Waals surface area (Å²) >= 11 is 7.41. The van der Waals surface area contributed by atoms with E-state index in [0.717, 1.165) is 10.6 Å². The molecule has 1 aliphatic heterocycles. The van der Waals surface area contributed by atoms with Crippen molar-refractivity contribution in [1.29, 1.82) is 0 Å². The van der Waals surface area contributed by atoms with Crippen LogP contribution in [0, 0.1) is 0 Å². The van der Waals surface area contributed by atoms with E-state index >= 15 is 0 Å². The van der Waals surface area contributed by atoms with E-state index in [1.165, 1.54) is 11.8 Å². The van der Waals surface area contributed by atoms with Crippen molar-refractivity contribution >= 4 is 35.0 Å². The zero-order valence-corrected chi connectivity index (χ0v) is 9.57. The van der Waals surface area contributed by atoms with Crippen LogP contribution in [-0.4, -0.2) is 17.7 Å². The number of amides is 1. The number of nitrogens with two attached hydrogens (primary N) is 1. The Balaban J connectivity index is 2.26.